The number of aromatic nitrogens is 3. The summed E-state index contributed by atoms with van der Waals surface area (Å²) in [5.74, 6) is 1.66. The van der Waals surface area contributed by atoms with Gasteiger partial charge in [-0.3, -0.25) is 5.10 Å². The zero-order chi connectivity index (χ0) is 14.2. The van der Waals surface area contributed by atoms with Gasteiger partial charge in [0.15, 0.2) is 0 Å². The number of pyridine rings is 1. The fraction of sp³-hybridized carbons (Fsp3) is 0.438. The smallest absolute Gasteiger partial charge is 0.128 e. The topological polar surface area (TPSA) is 68.6 Å². The predicted molar refractivity (Wildman–Crippen MR) is 79.1 cm³/mol. The molecule has 1 aliphatic carbocycles. The first-order valence-corrected chi connectivity index (χ1v) is 7.52. The van der Waals surface area contributed by atoms with Crippen molar-refractivity contribution in [2.24, 2.45) is 0 Å². The van der Waals surface area contributed by atoms with Crippen LogP contribution in [-0.4, -0.2) is 28.3 Å². The molecule has 0 atom stereocenters. The third-order valence-corrected chi connectivity index (χ3v) is 4.41. The summed E-state index contributed by atoms with van der Waals surface area (Å²) in [5.41, 5.74) is 4.65. The summed E-state index contributed by atoms with van der Waals surface area (Å²) in [5, 5.41) is 16.6. The van der Waals surface area contributed by atoms with Gasteiger partial charge in [-0.1, -0.05) is 0 Å². The summed E-state index contributed by atoms with van der Waals surface area (Å²) in [6.07, 6.45) is 6.24. The van der Waals surface area contributed by atoms with Gasteiger partial charge in [0.2, 0.25) is 0 Å². The van der Waals surface area contributed by atoms with Gasteiger partial charge in [0.1, 0.15) is 11.9 Å². The van der Waals surface area contributed by atoms with Gasteiger partial charge in [-0.15, -0.1) is 0 Å². The first-order valence-electron chi connectivity index (χ1n) is 7.52. The SMILES string of the molecule is N#Cc1ccc(N2CCc3[nH]nc(C4CC4)c3CC2)nc1. The van der Waals surface area contributed by atoms with Gasteiger partial charge in [0.05, 0.1) is 11.3 Å². The highest BCUT2D eigenvalue weighted by Crippen LogP contribution is 2.41. The summed E-state index contributed by atoms with van der Waals surface area (Å²) in [4.78, 5) is 6.71. The van der Waals surface area contributed by atoms with Crippen LogP contribution in [0.15, 0.2) is 18.3 Å². The number of H-pyrrole nitrogens is 1. The molecular weight excluding hydrogens is 262 g/mol. The molecule has 1 aliphatic heterocycles. The fourth-order valence-corrected chi connectivity index (χ4v) is 3.07. The van der Waals surface area contributed by atoms with Crippen molar-refractivity contribution in [2.45, 2.75) is 31.6 Å². The number of rotatable bonds is 2. The molecule has 2 aromatic heterocycles. The first-order chi connectivity index (χ1) is 10.3. The van der Waals surface area contributed by atoms with Crippen LogP contribution in [0.2, 0.25) is 0 Å². The molecule has 3 heterocycles. The Labute approximate surface area is 123 Å². The zero-order valence-corrected chi connectivity index (χ0v) is 11.8. The van der Waals surface area contributed by atoms with Crippen molar-refractivity contribution in [3.63, 3.8) is 0 Å². The molecule has 5 heteroatoms. The van der Waals surface area contributed by atoms with Crippen molar-refractivity contribution in [3.8, 4) is 6.07 Å². The number of anilines is 1. The van der Waals surface area contributed by atoms with Crippen LogP contribution in [0, 0.1) is 11.3 Å². The summed E-state index contributed by atoms with van der Waals surface area (Å²) in [6, 6.07) is 5.89. The Morgan fingerprint density at radius 3 is 2.81 bits per heavy atom. The highest BCUT2D eigenvalue weighted by molar-refractivity contribution is 5.44. The standard InChI is InChI=1S/C16H17N5/c17-9-11-1-4-15(18-10-11)21-7-5-13-14(6-8-21)19-20-16(13)12-2-3-12/h1,4,10,12H,2-3,5-8H2,(H,19,20). The minimum atomic E-state index is 0.610. The molecule has 106 valence electrons. The second kappa shape index (κ2) is 4.88. The quantitative estimate of drug-likeness (QED) is 0.914. The van der Waals surface area contributed by atoms with Crippen LogP contribution in [0.1, 0.15) is 41.3 Å². The minimum Gasteiger partial charge on any atom is -0.356 e. The number of aromatic amines is 1. The Kier molecular flexibility index (Phi) is 2.88. The molecule has 2 aliphatic rings. The number of nitrogens with one attached hydrogen (secondary N) is 1. The van der Waals surface area contributed by atoms with Crippen LogP contribution in [0.4, 0.5) is 5.82 Å². The Morgan fingerprint density at radius 2 is 2.10 bits per heavy atom. The van der Waals surface area contributed by atoms with Crippen LogP contribution in [0.5, 0.6) is 0 Å². The minimum absolute atomic E-state index is 0.610. The van der Waals surface area contributed by atoms with Gasteiger partial charge in [-0.25, -0.2) is 4.98 Å². The number of fused-ring (bicyclic) bond motifs is 1. The number of hydrogen-bond donors (Lipinski definition) is 1. The Balaban J connectivity index is 1.54. The lowest BCUT2D eigenvalue weighted by atomic mass is 10.1. The molecule has 0 bridgehead atoms. The maximum absolute atomic E-state index is 8.85. The molecule has 1 N–H and O–H groups in total. The lowest BCUT2D eigenvalue weighted by molar-refractivity contribution is 0.772. The molecular formula is C16H17N5. The molecule has 0 spiro atoms. The second-order valence-electron chi connectivity index (χ2n) is 5.84. The largest absolute Gasteiger partial charge is 0.356 e. The summed E-state index contributed by atoms with van der Waals surface area (Å²) >= 11 is 0. The normalized spacial score (nSPS) is 18.0. The van der Waals surface area contributed by atoms with E-state index in [1.165, 1.54) is 29.8 Å². The molecule has 0 amide bonds. The van der Waals surface area contributed by atoms with Crippen LogP contribution < -0.4 is 4.90 Å². The van der Waals surface area contributed by atoms with Crippen LogP contribution >= 0.6 is 0 Å². The van der Waals surface area contributed by atoms with Crippen LogP contribution in [0.3, 0.4) is 0 Å². The van der Waals surface area contributed by atoms with Crippen molar-refractivity contribution >= 4 is 5.82 Å². The van der Waals surface area contributed by atoms with E-state index in [9.17, 15) is 0 Å². The Morgan fingerprint density at radius 1 is 1.24 bits per heavy atom. The van der Waals surface area contributed by atoms with E-state index in [-0.39, 0.29) is 0 Å². The number of nitriles is 1. The van der Waals surface area contributed by atoms with Crippen molar-refractivity contribution < 1.29 is 0 Å². The molecule has 1 fully saturated rings. The second-order valence-corrected chi connectivity index (χ2v) is 5.84. The van der Waals surface area contributed by atoms with Gasteiger partial charge in [-0.05, 0) is 37.0 Å². The number of hydrogen-bond acceptors (Lipinski definition) is 4. The molecule has 0 saturated heterocycles. The van der Waals surface area contributed by atoms with Crippen molar-refractivity contribution in [1.29, 1.82) is 5.26 Å². The Hall–Kier alpha value is -2.35. The van der Waals surface area contributed by atoms with E-state index in [4.69, 9.17) is 5.26 Å². The van der Waals surface area contributed by atoms with E-state index >= 15 is 0 Å². The highest BCUT2D eigenvalue weighted by Gasteiger charge is 2.31. The molecule has 0 aromatic carbocycles. The summed E-state index contributed by atoms with van der Waals surface area (Å²) in [6.45, 7) is 1.91. The lowest BCUT2D eigenvalue weighted by Gasteiger charge is -2.21. The van der Waals surface area contributed by atoms with E-state index in [0.717, 1.165) is 31.7 Å². The molecule has 21 heavy (non-hydrogen) atoms. The Bertz CT molecular complexity index is 690. The van der Waals surface area contributed by atoms with Gasteiger partial charge >= 0.3 is 0 Å². The molecule has 0 radical (unpaired) electrons. The summed E-state index contributed by atoms with van der Waals surface area (Å²) < 4.78 is 0. The molecule has 0 unspecified atom stereocenters. The summed E-state index contributed by atoms with van der Waals surface area (Å²) in [7, 11) is 0. The third kappa shape index (κ3) is 2.27. The van der Waals surface area contributed by atoms with Crippen molar-refractivity contribution in [2.75, 3.05) is 18.0 Å². The average Bonchev–Trinajstić information content (AvgIpc) is 3.33. The molecule has 1 saturated carbocycles. The molecule has 4 rings (SSSR count). The maximum atomic E-state index is 8.85. The van der Waals surface area contributed by atoms with E-state index in [2.05, 4.69) is 26.2 Å². The van der Waals surface area contributed by atoms with E-state index in [0.29, 0.717) is 11.5 Å². The first kappa shape index (κ1) is 12.4. The van der Waals surface area contributed by atoms with Crippen LogP contribution in [-0.2, 0) is 12.8 Å². The number of nitrogens with zero attached hydrogens (tertiary/aromatic N) is 4. The van der Waals surface area contributed by atoms with Crippen molar-refractivity contribution in [1.82, 2.24) is 15.2 Å². The highest BCUT2D eigenvalue weighted by atomic mass is 15.2. The molecule has 2 aromatic rings. The predicted octanol–water partition coefficient (Wildman–Crippen LogP) is 2.16. The lowest BCUT2D eigenvalue weighted by Crippen LogP contribution is -2.27. The third-order valence-electron chi connectivity index (χ3n) is 4.41. The maximum Gasteiger partial charge on any atom is 0.128 e. The average molecular weight is 279 g/mol. The molecule has 5 nitrogen and oxygen atoms in total. The van der Waals surface area contributed by atoms with Gasteiger partial charge in [0.25, 0.3) is 0 Å². The monoisotopic (exact) mass is 279 g/mol. The van der Waals surface area contributed by atoms with Gasteiger partial charge < -0.3 is 4.90 Å². The van der Waals surface area contributed by atoms with Gasteiger partial charge in [-0.2, -0.15) is 10.4 Å². The zero-order valence-electron chi connectivity index (χ0n) is 11.8. The van der Waals surface area contributed by atoms with Crippen LogP contribution in [0.25, 0.3) is 0 Å². The van der Waals surface area contributed by atoms with E-state index in [1.807, 2.05) is 12.1 Å². The van der Waals surface area contributed by atoms with E-state index < -0.39 is 0 Å². The van der Waals surface area contributed by atoms with Crippen molar-refractivity contribution in [3.05, 3.63) is 40.8 Å². The fourth-order valence-electron chi connectivity index (χ4n) is 3.07. The van der Waals surface area contributed by atoms with E-state index in [1.54, 1.807) is 6.20 Å². The van der Waals surface area contributed by atoms with Gasteiger partial charge in [0, 0.05) is 37.3 Å².